The van der Waals surface area contributed by atoms with E-state index in [1.54, 1.807) is 6.08 Å². The molecule has 0 heterocycles. The van der Waals surface area contributed by atoms with Crippen LogP contribution < -0.4 is 0 Å². The summed E-state index contributed by atoms with van der Waals surface area (Å²) >= 11 is 0. The third-order valence-electron chi connectivity index (χ3n) is 1.22. The van der Waals surface area contributed by atoms with Crippen LogP contribution in [0.3, 0.4) is 0 Å². The largest absolute Gasteiger partial charge is 0.392 e. The predicted molar refractivity (Wildman–Crippen MR) is 42.6 cm³/mol. The molecule has 1 N–H and O–H groups in total. The normalized spacial score (nSPS) is 9.55. The molecule has 1 rings (SSSR count). The van der Waals surface area contributed by atoms with Gasteiger partial charge in [0.1, 0.15) is 0 Å². The first-order valence-electron chi connectivity index (χ1n) is 3.26. The SMILES string of the molecule is OCC=Cc1ccccc1.[Pt]. The maximum atomic E-state index is 8.44. The fourth-order valence-corrected chi connectivity index (χ4v) is 0.753. The van der Waals surface area contributed by atoms with Gasteiger partial charge in [-0.3, -0.25) is 0 Å². The zero-order valence-corrected chi connectivity index (χ0v) is 8.28. The Morgan fingerprint density at radius 2 is 1.82 bits per heavy atom. The van der Waals surface area contributed by atoms with E-state index >= 15 is 0 Å². The molecule has 0 aliphatic heterocycles. The standard InChI is InChI=1S/C9H10O.Pt/c10-8-4-7-9-5-2-1-3-6-9;/h1-7,10H,8H2;. The molecule has 0 bridgehead atoms. The van der Waals surface area contributed by atoms with E-state index in [2.05, 4.69) is 0 Å². The van der Waals surface area contributed by atoms with Gasteiger partial charge in [0.25, 0.3) is 0 Å². The molecule has 1 nitrogen and oxygen atoms in total. The van der Waals surface area contributed by atoms with Crippen molar-refractivity contribution in [2.75, 3.05) is 6.61 Å². The van der Waals surface area contributed by atoms with Crippen molar-refractivity contribution in [1.29, 1.82) is 0 Å². The molecule has 0 amide bonds. The Morgan fingerprint density at radius 1 is 1.18 bits per heavy atom. The van der Waals surface area contributed by atoms with Gasteiger partial charge in [-0.25, -0.2) is 0 Å². The third-order valence-corrected chi connectivity index (χ3v) is 1.22. The minimum Gasteiger partial charge on any atom is -0.392 e. The molecule has 0 saturated heterocycles. The molecule has 2 heteroatoms. The van der Waals surface area contributed by atoms with Crippen molar-refractivity contribution in [1.82, 2.24) is 0 Å². The van der Waals surface area contributed by atoms with E-state index in [9.17, 15) is 0 Å². The van der Waals surface area contributed by atoms with Crippen LogP contribution in [0.15, 0.2) is 36.4 Å². The van der Waals surface area contributed by atoms with Gasteiger partial charge >= 0.3 is 0 Å². The monoisotopic (exact) mass is 329 g/mol. The summed E-state index contributed by atoms with van der Waals surface area (Å²) in [7, 11) is 0. The van der Waals surface area contributed by atoms with Crippen molar-refractivity contribution < 1.29 is 26.2 Å². The van der Waals surface area contributed by atoms with E-state index in [4.69, 9.17) is 5.11 Å². The summed E-state index contributed by atoms with van der Waals surface area (Å²) in [5, 5.41) is 8.44. The van der Waals surface area contributed by atoms with Gasteiger partial charge in [-0.2, -0.15) is 0 Å². The zero-order valence-electron chi connectivity index (χ0n) is 6.01. The number of aliphatic hydroxyl groups excluding tert-OH is 1. The second-order valence-electron chi connectivity index (χ2n) is 2.00. The van der Waals surface area contributed by atoms with Crippen molar-refractivity contribution in [3.8, 4) is 0 Å². The van der Waals surface area contributed by atoms with E-state index in [0.29, 0.717) is 0 Å². The number of aliphatic hydroxyl groups is 1. The summed E-state index contributed by atoms with van der Waals surface area (Å²) in [4.78, 5) is 0. The van der Waals surface area contributed by atoms with Crippen LogP contribution in [0.1, 0.15) is 5.56 Å². The van der Waals surface area contributed by atoms with Gasteiger partial charge < -0.3 is 5.11 Å². The maximum Gasteiger partial charge on any atom is 0.0615 e. The third kappa shape index (κ3) is 4.13. The van der Waals surface area contributed by atoms with Crippen molar-refractivity contribution >= 4 is 6.08 Å². The van der Waals surface area contributed by atoms with Crippen LogP contribution in [-0.4, -0.2) is 11.7 Å². The van der Waals surface area contributed by atoms with Crippen molar-refractivity contribution in [3.63, 3.8) is 0 Å². The average Bonchev–Trinajstić information content (AvgIpc) is 2.03. The van der Waals surface area contributed by atoms with Gasteiger partial charge in [-0.05, 0) is 5.56 Å². The Hall–Kier alpha value is -0.392. The first kappa shape index (κ1) is 10.6. The first-order chi connectivity index (χ1) is 4.93. The number of hydrogen-bond donors (Lipinski definition) is 1. The van der Waals surface area contributed by atoms with Crippen molar-refractivity contribution in [2.24, 2.45) is 0 Å². The van der Waals surface area contributed by atoms with E-state index in [-0.39, 0.29) is 27.7 Å². The van der Waals surface area contributed by atoms with Crippen LogP contribution in [0.25, 0.3) is 6.08 Å². The van der Waals surface area contributed by atoms with Gasteiger partial charge in [0.05, 0.1) is 6.61 Å². The molecule has 0 aliphatic rings. The van der Waals surface area contributed by atoms with Crippen LogP contribution in [0.4, 0.5) is 0 Å². The summed E-state index contributed by atoms with van der Waals surface area (Å²) in [5.41, 5.74) is 1.12. The quantitative estimate of drug-likeness (QED) is 0.876. The molecule has 0 aliphatic carbocycles. The van der Waals surface area contributed by atoms with Gasteiger partial charge in [0.2, 0.25) is 0 Å². The molecule has 1 aromatic carbocycles. The second-order valence-corrected chi connectivity index (χ2v) is 2.00. The van der Waals surface area contributed by atoms with Crippen LogP contribution in [0.2, 0.25) is 0 Å². The summed E-state index contributed by atoms with van der Waals surface area (Å²) in [5.74, 6) is 0. The van der Waals surface area contributed by atoms with Crippen LogP contribution in [0.5, 0.6) is 0 Å². The molecule has 0 radical (unpaired) electrons. The van der Waals surface area contributed by atoms with Crippen LogP contribution >= 0.6 is 0 Å². The Balaban J connectivity index is 0.000001000. The molecule has 62 valence electrons. The van der Waals surface area contributed by atoms with Gasteiger partial charge in [0.15, 0.2) is 0 Å². The summed E-state index contributed by atoms with van der Waals surface area (Å²) in [6.45, 7) is 0.106. The Bertz CT molecular complexity index is 206. The molecule has 0 atom stereocenters. The Morgan fingerprint density at radius 3 is 2.36 bits per heavy atom. The number of rotatable bonds is 2. The van der Waals surface area contributed by atoms with E-state index < -0.39 is 0 Å². The molecule has 0 unspecified atom stereocenters. The molecular formula is C9H10OPt. The molecule has 0 saturated carbocycles. The maximum absolute atomic E-state index is 8.44. The minimum atomic E-state index is 0. The van der Waals surface area contributed by atoms with Gasteiger partial charge in [-0.1, -0.05) is 42.5 Å². The molecule has 1 aromatic rings. The summed E-state index contributed by atoms with van der Waals surface area (Å²) < 4.78 is 0. The van der Waals surface area contributed by atoms with E-state index in [0.717, 1.165) is 5.56 Å². The summed E-state index contributed by atoms with van der Waals surface area (Å²) in [6, 6.07) is 9.89. The van der Waals surface area contributed by atoms with Gasteiger partial charge in [0, 0.05) is 21.1 Å². The Kier molecular flexibility index (Phi) is 6.10. The fourth-order valence-electron chi connectivity index (χ4n) is 0.753. The number of benzene rings is 1. The smallest absolute Gasteiger partial charge is 0.0615 e. The molecular weight excluding hydrogens is 319 g/mol. The molecule has 0 fully saturated rings. The molecule has 0 spiro atoms. The second kappa shape index (κ2) is 6.33. The minimum absolute atomic E-state index is 0. The molecule has 11 heavy (non-hydrogen) atoms. The van der Waals surface area contributed by atoms with Crippen LogP contribution in [0, 0.1) is 0 Å². The van der Waals surface area contributed by atoms with E-state index in [1.165, 1.54) is 0 Å². The first-order valence-corrected chi connectivity index (χ1v) is 3.26. The topological polar surface area (TPSA) is 20.2 Å². The van der Waals surface area contributed by atoms with Gasteiger partial charge in [-0.15, -0.1) is 0 Å². The van der Waals surface area contributed by atoms with Crippen LogP contribution in [-0.2, 0) is 21.1 Å². The Labute approximate surface area is 81.0 Å². The molecule has 0 aromatic heterocycles. The van der Waals surface area contributed by atoms with E-state index in [1.807, 2.05) is 36.4 Å². The predicted octanol–water partition coefficient (Wildman–Crippen LogP) is 1.69. The zero-order chi connectivity index (χ0) is 7.23. The summed E-state index contributed by atoms with van der Waals surface area (Å²) in [6.07, 6.45) is 3.61. The van der Waals surface area contributed by atoms with Crippen molar-refractivity contribution in [3.05, 3.63) is 42.0 Å². The average molecular weight is 329 g/mol. The fraction of sp³-hybridized carbons (Fsp3) is 0.111. The number of hydrogen-bond acceptors (Lipinski definition) is 1. The van der Waals surface area contributed by atoms with Crippen molar-refractivity contribution in [2.45, 2.75) is 0 Å².